The van der Waals surface area contributed by atoms with Gasteiger partial charge in [-0.25, -0.2) is 4.98 Å². The summed E-state index contributed by atoms with van der Waals surface area (Å²) in [7, 11) is 0. The second-order valence-corrected chi connectivity index (χ2v) is 7.02. The zero-order valence-electron chi connectivity index (χ0n) is 16.9. The molecule has 1 heterocycles. The minimum atomic E-state index is 0.494. The number of hydrogen-bond acceptors (Lipinski definition) is 4. The first kappa shape index (κ1) is 21.5. The highest BCUT2D eigenvalue weighted by molar-refractivity contribution is 5.79. The van der Waals surface area contributed by atoms with Crippen molar-refractivity contribution >= 4 is 11.8 Å². The number of rotatable bonds is 12. The number of unbranched alkanes of at least 4 members (excludes halogenated alkanes) is 1. The fourth-order valence-electron chi connectivity index (χ4n) is 3.22. The molecule has 0 bridgehead atoms. The van der Waals surface area contributed by atoms with E-state index in [2.05, 4.69) is 32.9 Å². The van der Waals surface area contributed by atoms with Gasteiger partial charge in [0.25, 0.3) is 0 Å². The Morgan fingerprint density at radius 1 is 1.11 bits per heavy atom. The predicted octanol–water partition coefficient (Wildman–Crippen LogP) is 3.57. The van der Waals surface area contributed by atoms with Gasteiger partial charge in [0.2, 0.25) is 0 Å². The van der Waals surface area contributed by atoms with Gasteiger partial charge < -0.3 is 20.7 Å². The zero-order chi connectivity index (χ0) is 19.0. The van der Waals surface area contributed by atoms with Crippen LogP contribution in [0.25, 0.3) is 0 Å². The molecular formula is C21H37N5O. The number of ether oxygens (including phenoxy) is 1. The second kappa shape index (κ2) is 14.3. The molecule has 152 valence electrons. The van der Waals surface area contributed by atoms with E-state index < -0.39 is 0 Å². The Bertz CT molecular complexity index is 503. The smallest absolute Gasteiger partial charge is 0.191 e. The first-order valence-corrected chi connectivity index (χ1v) is 10.7. The van der Waals surface area contributed by atoms with Gasteiger partial charge >= 0.3 is 0 Å². The normalized spacial score (nSPS) is 15.5. The number of pyridine rings is 1. The Morgan fingerprint density at radius 3 is 2.74 bits per heavy atom. The molecule has 0 aromatic carbocycles. The molecule has 1 aromatic rings. The molecule has 0 saturated heterocycles. The van der Waals surface area contributed by atoms with E-state index in [1.165, 1.54) is 32.1 Å². The Hall–Kier alpha value is -1.82. The summed E-state index contributed by atoms with van der Waals surface area (Å²) in [6.45, 7) is 6.47. The molecule has 0 spiro atoms. The lowest BCUT2D eigenvalue weighted by molar-refractivity contribution is 0.0281. The van der Waals surface area contributed by atoms with Crippen LogP contribution in [0.15, 0.2) is 29.4 Å². The average molecular weight is 376 g/mol. The lowest BCUT2D eigenvalue weighted by Crippen LogP contribution is -2.38. The van der Waals surface area contributed by atoms with E-state index in [1.54, 1.807) is 0 Å². The van der Waals surface area contributed by atoms with Crippen molar-refractivity contribution in [1.29, 1.82) is 0 Å². The van der Waals surface area contributed by atoms with Gasteiger partial charge in [-0.15, -0.1) is 0 Å². The van der Waals surface area contributed by atoms with Crippen LogP contribution in [0.5, 0.6) is 0 Å². The molecule has 6 heteroatoms. The Balaban J connectivity index is 1.50. The molecule has 1 saturated carbocycles. The van der Waals surface area contributed by atoms with Crippen LogP contribution in [-0.4, -0.2) is 49.8 Å². The van der Waals surface area contributed by atoms with E-state index in [0.717, 1.165) is 63.8 Å². The van der Waals surface area contributed by atoms with Crippen LogP contribution in [0.1, 0.15) is 58.3 Å². The highest BCUT2D eigenvalue weighted by Crippen LogP contribution is 2.20. The molecule has 0 amide bonds. The van der Waals surface area contributed by atoms with Crippen molar-refractivity contribution in [3.63, 3.8) is 0 Å². The van der Waals surface area contributed by atoms with Crippen molar-refractivity contribution in [2.45, 2.75) is 64.4 Å². The van der Waals surface area contributed by atoms with Crippen molar-refractivity contribution in [2.75, 3.05) is 38.1 Å². The van der Waals surface area contributed by atoms with E-state index in [-0.39, 0.29) is 0 Å². The molecule has 1 aliphatic carbocycles. The molecule has 0 atom stereocenters. The van der Waals surface area contributed by atoms with Crippen LogP contribution < -0.4 is 16.0 Å². The minimum Gasteiger partial charge on any atom is -0.378 e. The van der Waals surface area contributed by atoms with Crippen LogP contribution >= 0.6 is 0 Å². The summed E-state index contributed by atoms with van der Waals surface area (Å²) in [6.07, 6.45) is 12.0. The summed E-state index contributed by atoms with van der Waals surface area (Å²) in [4.78, 5) is 8.91. The fourth-order valence-corrected chi connectivity index (χ4v) is 3.22. The van der Waals surface area contributed by atoms with Gasteiger partial charge in [-0.3, -0.25) is 4.99 Å². The molecule has 1 aliphatic rings. The van der Waals surface area contributed by atoms with Gasteiger partial charge in [0.1, 0.15) is 5.82 Å². The Labute approximate surface area is 164 Å². The number of nitrogens with one attached hydrogen (secondary N) is 3. The average Bonchev–Trinajstić information content (AvgIpc) is 2.71. The van der Waals surface area contributed by atoms with Gasteiger partial charge in [0.15, 0.2) is 5.96 Å². The topological polar surface area (TPSA) is 70.6 Å². The Kier molecular flexibility index (Phi) is 11.3. The molecular weight excluding hydrogens is 338 g/mol. The standard InChI is InChI=1S/C21H37N5O/c1-2-22-21(26-17-10-18-27-19-11-4-3-5-12-19)25-16-9-8-15-24-20-13-6-7-14-23-20/h6-7,13-14,19H,2-5,8-12,15-18H2,1H3,(H,23,24)(H2,22,25,26). The van der Waals surface area contributed by atoms with E-state index >= 15 is 0 Å². The highest BCUT2D eigenvalue weighted by atomic mass is 16.5. The molecule has 0 aliphatic heterocycles. The van der Waals surface area contributed by atoms with Crippen molar-refractivity contribution in [2.24, 2.45) is 4.99 Å². The second-order valence-electron chi connectivity index (χ2n) is 7.02. The number of aromatic nitrogens is 1. The monoisotopic (exact) mass is 375 g/mol. The maximum Gasteiger partial charge on any atom is 0.191 e. The predicted molar refractivity (Wildman–Crippen MR) is 113 cm³/mol. The zero-order valence-corrected chi connectivity index (χ0v) is 16.9. The van der Waals surface area contributed by atoms with E-state index in [0.29, 0.717) is 6.10 Å². The fraction of sp³-hybridized carbons (Fsp3) is 0.714. The molecule has 2 rings (SSSR count). The van der Waals surface area contributed by atoms with Crippen molar-refractivity contribution in [3.8, 4) is 0 Å². The van der Waals surface area contributed by atoms with Gasteiger partial charge in [-0.1, -0.05) is 25.3 Å². The quantitative estimate of drug-likeness (QED) is 0.296. The van der Waals surface area contributed by atoms with E-state index in [4.69, 9.17) is 4.74 Å². The van der Waals surface area contributed by atoms with E-state index in [1.807, 2.05) is 24.4 Å². The summed E-state index contributed by atoms with van der Waals surface area (Å²) < 4.78 is 5.96. The third-order valence-corrected chi connectivity index (χ3v) is 4.69. The summed E-state index contributed by atoms with van der Waals surface area (Å²) >= 11 is 0. The molecule has 0 radical (unpaired) electrons. The lowest BCUT2D eigenvalue weighted by Gasteiger charge is -2.21. The number of anilines is 1. The molecule has 1 fully saturated rings. The molecule has 1 aromatic heterocycles. The lowest BCUT2D eigenvalue weighted by atomic mass is 9.98. The molecule has 6 nitrogen and oxygen atoms in total. The van der Waals surface area contributed by atoms with Gasteiger partial charge in [-0.05, 0) is 51.2 Å². The van der Waals surface area contributed by atoms with Crippen molar-refractivity contribution in [1.82, 2.24) is 15.6 Å². The summed E-state index contributed by atoms with van der Waals surface area (Å²) in [5.74, 6) is 1.85. The van der Waals surface area contributed by atoms with Crippen molar-refractivity contribution in [3.05, 3.63) is 24.4 Å². The van der Waals surface area contributed by atoms with Crippen LogP contribution in [-0.2, 0) is 4.74 Å². The number of nitrogens with zero attached hydrogens (tertiary/aromatic N) is 2. The maximum atomic E-state index is 5.96. The summed E-state index contributed by atoms with van der Waals surface area (Å²) in [5.41, 5.74) is 0. The van der Waals surface area contributed by atoms with Gasteiger partial charge in [0, 0.05) is 39.0 Å². The summed E-state index contributed by atoms with van der Waals surface area (Å²) in [6, 6.07) is 5.92. The largest absolute Gasteiger partial charge is 0.378 e. The molecule has 3 N–H and O–H groups in total. The number of guanidine groups is 1. The number of aliphatic imine (C=N–C) groups is 1. The maximum absolute atomic E-state index is 5.96. The third kappa shape index (κ3) is 10.2. The molecule has 0 unspecified atom stereocenters. The number of hydrogen-bond donors (Lipinski definition) is 3. The van der Waals surface area contributed by atoms with Gasteiger partial charge in [0.05, 0.1) is 6.10 Å². The molecule has 27 heavy (non-hydrogen) atoms. The van der Waals surface area contributed by atoms with E-state index in [9.17, 15) is 0 Å². The Morgan fingerprint density at radius 2 is 1.96 bits per heavy atom. The first-order valence-electron chi connectivity index (χ1n) is 10.7. The van der Waals surface area contributed by atoms with Crippen LogP contribution in [0.2, 0.25) is 0 Å². The van der Waals surface area contributed by atoms with Crippen molar-refractivity contribution < 1.29 is 4.74 Å². The third-order valence-electron chi connectivity index (χ3n) is 4.69. The van der Waals surface area contributed by atoms with Crippen LogP contribution in [0.3, 0.4) is 0 Å². The van der Waals surface area contributed by atoms with Crippen LogP contribution in [0, 0.1) is 0 Å². The summed E-state index contributed by atoms with van der Waals surface area (Å²) in [5, 5.41) is 10.1. The first-order chi connectivity index (χ1) is 13.4. The highest BCUT2D eigenvalue weighted by Gasteiger charge is 2.12. The van der Waals surface area contributed by atoms with Gasteiger partial charge in [-0.2, -0.15) is 0 Å². The SMILES string of the molecule is CCNC(=NCCCOC1CCCCC1)NCCCCNc1ccccn1. The minimum absolute atomic E-state index is 0.494. The van der Waals surface area contributed by atoms with Crippen LogP contribution in [0.4, 0.5) is 5.82 Å².